The number of nitrogens with one attached hydrogen (secondary N) is 1. The first-order valence-electron chi connectivity index (χ1n) is 4.98. The van der Waals surface area contributed by atoms with Crippen LogP contribution >= 0.6 is 0 Å². The van der Waals surface area contributed by atoms with Crippen LogP contribution in [0.3, 0.4) is 0 Å². The van der Waals surface area contributed by atoms with Gasteiger partial charge in [-0.3, -0.25) is 4.79 Å². The highest BCUT2D eigenvalue weighted by atomic mass is 32.2. The van der Waals surface area contributed by atoms with Crippen LogP contribution in [-0.4, -0.2) is 25.4 Å². The second kappa shape index (κ2) is 6.36. The minimum Gasteiger partial charge on any atom is -0.478 e. The maximum atomic E-state index is 11.4. The maximum absolute atomic E-state index is 11.4. The fraction of sp³-hybridized carbons (Fsp3) is 0. The molecule has 1 amide bonds. The normalized spacial score (nSPS) is 10.8. The highest BCUT2D eigenvalue weighted by molar-refractivity contribution is 7.90. The summed E-state index contributed by atoms with van der Waals surface area (Å²) in [5, 5.41) is 10.7. The molecular formula is C10H8N4O5S. The van der Waals surface area contributed by atoms with Crippen molar-refractivity contribution in [3.8, 4) is 0 Å². The van der Waals surface area contributed by atoms with Crippen LogP contribution in [0.15, 0.2) is 45.8 Å². The summed E-state index contributed by atoms with van der Waals surface area (Å²) in [6.45, 7) is 0. The van der Waals surface area contributed by atoms with E-state index >= 15 is 0 Å². The van der Waals surface area contributed by atoms with E-state index in [0.717, 1.165) is 18.2 Å². The Morgan fingerprint density at radius 1 is 1.25 bits per heavy atom. The Morgan fingerprint density at radius 3 is 2.35 bits per heavy atom. The van der Waals surface area contributed by atoms with Crippen molar-refractivity contribution in [2.75, 3.05) is 5.32 Å². The molecule has 0 aliphatic carbocycles. The number of carboxylic acids is 1. The molecular weight excluding hydrogens is 288 g/mol. The average Bonchev–Trinajstić information content (AvgIpc) is 2.37. The number of anilines is 1. The maximum Gasteiger partial charge on any atom is 0.328 e. The van der Waals surface area contributed by atoms with Gasteiger partial charge in [0.25, 0.3) is 10.0 Å². The van der Waals surface area contributed by atoms with E-state index in [1.165, 1.54) is 12.1 Å². The topological polar surface area (TPSA) is 149 Å². The number of aliphatic carboxylic acids is 1. The van der Waals surface area contributed by atoms with Crippen molar-refractivity contribution in [2.45, 2.75) is 4.90 Å². The summed E-state index contributed by atoms with van der Waals surface area (Å²) < 4.78 is 25.4. The van der Waals surface area contributed by atoms with E-state index in [-0.39, 0.29) is 10.6 Å². The number of sulfonamides is 1. The molecule has 0 aliphatic rings. The van der Waals surface area contributed by atoms with Crippen molar-refractivity contribution in [1.29, 1.82) is 0 Å². The van der Waals surface area contributed by atoms with Gasteiger partial charge in [-0.1, -0.05) is 0 Å². The molecule has 0 bridgehead atoms. The van der Waals surface area contributed by atoms with Crippen molar-refractivity contribution in [3.05, 3.63) is 46.9 Å². The summed E-state index contributed by atoms with van der Waals surface area (Å²) >= 11 is 0. The molecule has 1 rings (SSSR count). The largest absolute Gasteiger partial charge is 0.478 e. The van der Waals surface area contributed by atoms with Gasteiger partial charge in [0, 0.05) is 27.3 Å². The SMILES string of the molecule is [N-]=[N+]=NS(=O)(=O)c1ccc(NC(=O)/C=C\C(=O)O)cc1. The van der Waals surface area contributed by atoms with E-state index in [0.29, 0.717) is 6.08 Å². The lowest BCUT2D eigenvalue weighted by atomic mass is 10.3. The Labute approximate surface area is 113 Å². The number of rotatable bonds is 5. The van der Waals surface area contributed by atoms with Gasteiger partial charge in [0.05, 0.1) is 4.90 Å². The van der Waals surface area contributed by atoms with E-state index in [2.05, 4.69) is 14.7 Å². The second-order valence-corrected chi connectivity index (χ2v) is 4.92. The Morgan fingerprint density at radius 2 is 1.85 bits per heavy atom. The molecule has 9 nitrogen and oxygen atoms in total. The third-order valence-corrected chi connectivity index (χ3v) is 3.10. The van der Waals surface area contributed by atoms with Crippen LogP contribution < -0.4 is 5.32 Å². The Hall–Kier alpha value is -2.84. The van der Waals surface area contributed by atoms with Crippen molar-refractivity contribution in [3.63, 3.8) is 0 Å². The van der Waals surface area contributed by atoms with E-state index in [4.69, 9.17) is 10.6 Å². The van der Waals surface area contributed by atoms with Gasteiger partial charge in [-0.2, -0.15) is 0 Å². The lowest BCUT2D eigenvalue weighted by Gasteiger charge is -2.03. The Balaban J connectivity index is 2.85. The summed E-state index contributed by atoms with van der Waals surface area (Å²) in [5.74, 6) is -1.95. The van der Waals surface area contributed by atoms with Crippen molar-refractivity contribution in [1.82, 2.24) is 0 Å². The molecule has 0 unspecified atom stereocenters. The first kappa shape index (κ1) is 15.2. The van der Waals surface area contributed by atoms with Crippen molar-refractivity contribution >= 4 is 27.6 Å². The molecule has 0 atom stereocenters. The first-order valence-corrected chi connectivity index (χ1v) is 6.42. The molecule has 2 N–H and O–H groups in total. The molecule has 0 spiro atoms. The molecule has 0 saturated carbocycles. The van der Waals surface area contributed by atoms with E-state index in [1.54, 1.807) is 0 Å². The van der Waals surface area contributed by atoms with E-state index in [9.17, 15) is 18.0 Å². The van der Waals surface area contributed by atoms with Crippen LogP contribution in [0.2, 0.25) is 0 Å². The summed E-state index contributed by atoms with van der Waals surface area (Å²) in [5.41, 5.74) is 8.36. The second-order valence-electron chi connectivity index (χ2n) is 3.33. The third-order valence-electron chi connectivity index (χ3n) is 1.94. The number of hydrogen-bond donors (Lipinski definition) is 2. The van der Waals surface area contributed by atoms with Crippen LogP contribution in [-0.2, 0) is 19.6 Å². The lowest BCUT2D eigenvalue weighted by Crippen LogP contribution is -2.08. The number of amides is 1. The predicted octanol–water partition coefficient (Wildman–Crippen LogP) is 1.26. The first-order chi connectivity index (χ1) is 9.35. The van der Waals surface area contributed by atoms with Gasteiger partial charge in [-0.25, -0.2) is 13.2 Å². The quantitative estimate of drug-likeness (QED) is 0.363. The molecule has 0 aromatic heterocycles. The fourth-order valence-corrected chi connectivity index (χ4v) is 1.81. The summed E-state index contributed by atoms with van der Waals surface area (Å²) in [4.78, 5) is 23.4. The minimum absolute atomic E-state index is 0.227. The number of carbonyl (C=O) groups is 2. The van der Waals surface area contributed by atoms with Gasteiger partial charge < -0.3 is 10.4 Å². The van der Waals surface area contributed by atoms with Gasteiger partial charge in [0.15, 0.2) is 0 Å². The molecule has 0 saturated heterocycles. The monoisotopic (exact) mass is 296 g/mol. The Kier molecular flexibility index (Phi) is 4.84. The fourth-order valence-electron chi connectivity index (χ4n) is 1.14. The molecule has 1 aromatic carbocycles. The number of azide groups is 1. The zero-order valence-electron chi connectivity index (χ0n) is 9.79. The van der Waals surface area contributed by atoms with Crippen LogP contribution in [0.5, 0.6) is 0 Å². The average molecular weight is 296 g/mol. The summed E-state index contributed by atoms with van der Waals surface area (Å²) in [7, 11) is -4.07. The molecule has 20 heavy (non-hydrogen) atoms. The van der Waals surface area contributed by atoms with Crippen LogP contribution in [0.1, 0.15) is 0 Å². The highest BCUT2D eigenvalue weighted by Gasteiger charge is 2.11. The van der Waals surface area contributed by atoms with E-state index in [1.807, 2.05) is 0 Å². The standard InChI is InChI=1S/C10H8N4O5S/c11-13-14-20(18,19)8-3-1-7(2-4-8)12-9(15)5-6-10(16)17/h1-6H,(H,12,15)(H,16,17)/b6-5-. The lowest BCUT2D eigenvalue weighted by molar-refractivity contribution is -0.131. The number of carbonyl (C=O) groups excluding carboxylic acids is 1. The van der Waals surface area contributed by atoms with Gasteiger partial charge in [0.1, 0.15) is 0 Å². The zero-order chi connectivity index (χ0) is 15.2. The molecule has 10 heteroatoms. The highest BCUT2D eigenvalue weighted by Crippen LogP contribution is 2.16. The molecule has 0 radical (unpaired) electrons. The third kappa shape index (κ3) is 4.44. The van der Waals surface area contributed by atoms with Crippen molar-refractivity contribution < 1.29 is 23.1 Å². The molecule has 1 aromatic rings. The number of benzene rings is 1. The van der Waals surface area contributed by atoms with Gasteiger partial charge in [-0.15, -0.1) is 0 Å². The number of hydrogen-bond acceptors (Lipinski definition) is 4. The van der Waals surface area contributed by atoms with Gasteiger partial charge >= 0.3 is 5.97 Å². The molecule has 104 valence electrons. The van der Waals surface area contributed by atoms with E-state index < -0.39 is 21.9 Å². The van der Waals surface area contributed by atoms with Crippen LogP contribution in [0, 0.1) is 0 Å². The minimum atomic E-state index is -4.07. The number of carboxylic acid groups (broad SMARTS) is 1. The summed E-state index contributed by atoms with van der Waals surface area (Å²) in [6.07, 6.45) is 1.47. The van der Waals surface area contributed by atoms with Crippen LogP contribution in [0.25, 0.3) is 10.4 Å². The zero-order valence-corrected chi connectivity index (χ0v) is 10.6. The molecule has 0 fully saturated rings. The molecule has 0 aliphatic heterocycles. The smallest absolute Gasteiger partial charge is 0.328 e. The summed E-state index contributed by atoms with van der Waals surface area (Å²) in [6, 6.07) is 4.82. The van der Waals surface area contributed by atoms with Crippen LogP contribution in [0.4, 0.5) is 5.69 Å². The van der Waals surface area contributed by atoms with Gasteiger partial charge in [0.2, 0.25) is 5.91 Å². The number of nitrogens with zero attached hydrogens (tertiary/aromatic N) is 3. The Bertz CT molecular complexity index is 702. The molecule has 0 heterocycles. The van der Waals surface area contributed by atoms with Gasteiger partial charge in [-0.05, 0) is 29.8 Å². The van der Waals surface area contributed by atoms with Crippen molar-refractivity contribution in [2.24, 2.45) is 4.52 Å². The predicted molar refractivity (Wildman–Crippen MR) is 68.2 cm³/mol.